The van der Waals surface area contributed by atoms with Crippen molar-refractivity contribution in [1.82, 2.24) is 5.32 Å². The molecule has 1 aromatic carbocycles. The average Bonchev–Trinajstić information content (AvgIpc) is 2.37. The smallest absolute Gasteiger partial charge is 0.102 e. The Labute approximate surface area is 103 Å². The molecule has 0 bridgehead atoms. The first-order chi connectivity index (χ1) is 8.31. The Morgan fingerprint density at radius 2 is 2.41 bits per heavy atom. The molecule has 1 aliphatic rings. The number of aryl methyl sites for hydroxylation is 1. The maximum absolute atomic E-state index is 9.13. The second kappa shape index (κ2) is 5.70. The molecule has 0 aromatic heterocycles. The van der Waals surface area contributed by atoms with E-state index in [-0.39, 0.29) is 0 Å². The van der Waals surface area contributed by atoms with Crippen LogP contribution in [0.15, 0.2) is 18.2 Å². The maximum Gasteiger partial charge on any atom is 0.102 e. The fourth-order valence-corrected chi connectivity index (χ4v) is 2.32. The van der Waals surface area contributed by atoms with Crippen molar-refractivity contribution in [2.75, 3.05) is 25.0 Å². The molecule has 0 radical (unpaired) electrons. The minimum Gasteiger partial charge on any atom is -0.384 e. The first-order valence-corrected chi connectivity index (χ1v) is 6.25. The topological polar surface area (TPSA) is 47.8 Å². The van der Waals surface area contributed by atoms with E-state index in [2.05, 4.69) is 16.7 Å². The molecule has 90 valence electrons. The normalized spacial score (nSPS) is 19.6. The molecule has 1 heterocycles. The number of nitrogens with one attached hydrogen (secondary N) is 2. The van der Waals surface area contributed by atoms with Gasteiger partial charge in [-0.25, -0.2) is 0 Å². The molecule has 1 saturated heterocycles. The minimum absolute atomic E-state index is 0.677. The van der Waals surface area contributed by atoms with Gasteiger partial charge in [0.2, 0.25) is 0 Å². The molecular weight excluding hydrogens is 210 g/mol. The second-order valence-corrected chi connectivity index (χ2v) is 4.70. The number of nitrogens with zero attached hydrogens (tertiary/aromatic N) is 1. The number of hydrogen-bond donors (Lipinski definition) is 2. The Morgan fingerprint density at radius 1 is 1.53 bits per heavy atom. The van der Waals surface area contributed by atoms with Crippen LogP contribution in [0, 0.1) is 24.2 Å². The number of piperidine rings is 1. The summed E-state index contributed by atoms with van der Waals surface area (Å²) < 4.78 is 0. The summed E-state index contributed by atoms with van der Waals surface area (Å²) in [6.07, 6.45) is 2.53. The summed E-state index contributed by atoms with van der Waals surface area (Å²) in [7, 11) is 0. The van der Waals surface area contributed by atoms with E-state index in [9.17, 15) is 0 Å². The summed E-state index contributed by atoms with van der Waals surface area (Å²) in [5.41, 5.74) is 2.79. The fraction of sp³-hybridized carbons (Fsp3) is 0.500. The third-order valence-electron chi connectivity index (χ3n) is 3.36. The molecule has 2 N–H and O–H groups in total. The Hall–Kier alpha value is -1.53. The summed E-state index contributed by atoms with van der Waals surface area (Å²) in [5, 5.41) is 16.0. The molecule has 3 nitrogen and oxygen atoms in total. The zero-order chi connectivity index (χ0) is 12.1. The lowest BCUT2D eigenvalue weighted by molar-refractivity contribution is 0.393. The van der Waals surface area contributed by atoms with Crippen LogP contribution < -0.4 is 10.6 Å². The molecule has 1 aliphatic heterocycles. The second-order valence-electron chi connectivity index (χ2n) is 4.70. The Bertz CT molecular complexity index is 414. The number of hydrogen-bond acceptors (Lipinski definition) is 3. The molecule has 1 unspecified atom stereocenters. The van der Waals surface area contributed by atoms with E-state index in [1.54, 1.807) is 0 Å². The van der Waals surface area contributed by atoms with Gasteiger partial charge in [0, 0.05) is 6.54 Å². The molecule has 0 amide bonds. The number of benzene rings is 1. The summed E-state index contributed by atoms with van der Waals surface area (Å²) >= 11 is 0. The monoisotopic (exact) mass is 229 g/mol. The Balaban J connectivity index is 1.99. The van der Waals surface area contributed by atoms with Crippen molar-refractivity contribution < 1.29 is 0 Å². The van der Waals surface area contributed by atoms with Gasteiger partial charge in [-0.15, -0.1) is 0 Å². The van der Waals surface area contributed by atoms with Gasteiger partial charge in [-0.1, -0.05) is 12.1 Å². The molecule has 17 heavy (non-hydrogen) atoms. The van der Waals surface area contributed by atoms with Crippen LogP contribution in [0.5, 0.6) is 0 Å². The largest absolute Gasteiger partial charge is 0.384 e. The molecular formula is C14H19N3. The van der Waals surface area contributed by atoms with Crippen LogP contribution in [-0.2, 0) is 0 Å². The average molecular weight is 229 g/mol. The van der Waals surface area contributed by atoms with Gasteiger partial charge in [-0.05, 0) is 50.4 Å². The van der Waals surface area contributed by atoms with E-state index in [1.165, 1.54) is 12.8 Å². The van der Waals surface area contributed by atoms with Crippen LogP contribution in [0.25, 0.3) is 0 Å². The van der Waals surface area contributed by atoms with Crippen molar-refractivity contribution in [3.8, 4) is 6.07 Å². The van der Waals surface area contributed by atoms with Crippen molar-refractivity contribution in [3.05, 3.63) is 29.3 Å². The summed E-state index contributed by atoms with van der Waals surface area (Å²) in [5.74, 6) is 0.677. The van der Waals surface area contributed by atoms with Crippen LogP contribution in [0.1, 0.15) is 24.0 Å². The highest BCUT2D eigenvalue weighted by molar-refractivity contribution is 5.60. The van der Waals surface area contributed by atoms with Gasteiger partial charge in [0.1, 0.15) is 6.07 Å². The molecule has 1 fully saturated rings. The molecule has 1 atom stereocenters. The zero-order valence-corrected chi connectivity index (χ0v) is 10.3. The maximum atomic E-state index is 9.13. The van der Waals surface area contributed by atoms with Gasteiger partial charge in [0.15, 0.2) is 0 Å². The van der Waals surface area contributed by atoms with Crippen molar-refractivity contribution >= 4 is 5.69 Å². The SMILES string of the molecule is Cc1cccc(NCC2CCCNC2)c1C#N. The van der Waals surface area contributed by atoms with Crippen molar-refractivity contribution in [3.63, 3.8) is 0 Å². The summed E-state index contributed by atoms with van der Waals surface area (Å²) in [4.78, 5) is 0. The lowest BCUT2D eigenvalue weighted by Crippen LogP contribution is -2.33. The zero-order valence-electron chi connectivity index (χ0n) is 10.3. The molecule has 0 aliphatic carbocycles. The molecule has 0 saturated carbocycles. The Morgan fingerprint density at radius 3 is 3.12 bits per heavy atom. The lowest BCUT2D eigenvalue weighted by atomic mass is 9.99. The van der Waals surface area contributed by atoms with Crippen molar-refractivity contribution in [1.29, 1.82) is 5.26 Å². The first kappa shape index (κ1) is 11.9. The van der Waals surface area contributed by atoms with E-state index in [0.29, 0.717) is 5.92 Å². The highest BCUT2D eigenvalue weighted by Crippen LogP contribution is 2.19. The van der Waals surface area contributed by atoms with Crippen LogP contribution in [0.4, 0.5) is 5.69 Å². The number of rotatable bonds is 3. The van der Waals surface area contributed by atoms with Gasteiger partial charge in [-0.2, -0.15) is 5.26 Å². The standard InChI is InChI=1S/C14H19N3/c1-11-4-2-6-14(13(11)8-15)17-10-12-5-3-7-16-9-12/h2,4,6,12,16-17H,3,5,7,9-10H2,1H3. The van der Waals surface area contributed by atoms with Crippen molar-refractivity contribution in [2.45, 2.75) is 19.8 Å². The van der Waals surface area contributed by atoms with Gasteiger partial charge < -0.3 is 10.6 Å². The van der Waals surface area contributed by atoms with E-state index >= 15 is 0 Å². The van der Waals surface area contributed by atoms with Crippen LogP contribution in [0.3, 0.4) is 0 Å². The fourth-order valence-electron chi connectivity index (χ4n) is 2.32. The number of nitriles is 1. The molecule has 0 spiro atoms. The minimum atomic E-state index is 0.677. The van der Waals surface area contributed by atoms with Gasteiger partial charge in [-0.3, -0.25) is 0 Å². The first-order valence-electron chi connectivity index (χ1n) is 6.25. The molecule has 3 heteroatoms. The van der Waals surface area contributed by atoms with E-state index in [1.807, 2.05) is 25.1 Å². The van der Waals surface area contributed by atoms with Crippen LogP contribution in [-0.4, -0.2) is 19.6 Å². The third kappa shape index (κ3) is 2.98. The van der Waals surface area contributed by atoms with E-state index < -0.39 is 0 Å². The predicted molar refractivity (Wildman–Crippen MR) is 70.0 cm³/mol. The van der Waals surface area contributed by atoms with Crippen LogP contribution in [0.2, 0.25) is 0 Å². The quantitative estimate of drug-likeness (QED) is 0.836. The van der Waals surface area contributed by atoms with Gasteiger partial charge >= 0.3 is 0 Å². The third-order valence-corrected chi connectivity index (χ3v) is 3.36. The molecule has 1 aromatic rings. The lowest BCUT2D eigenvalue weighted by Gasteiger charge is -2.23. The Kier molecular flexibility index (Phi) is 4.00. The predicted octanol–water partition coefficient (Wildman–Crippen LogP) is 2.28. The van der Waals surface area contributed by atoms with Gasteiger partial charge in [0.05, 0.1) is 11.3 Å². The van der Waals surface area contributed by atoms with E-state index in [4.69, 9.17) is 5.26 Å². The van der Waals surface area contributed by atoms with Crippen LogP contribution >= 0.6 is 0 Å². The van der Waals surface area contributed by atoms with E-state index in [0.717, 1.165) is 36.4 Å². The summed E-state index contributed by atoms with van der Waals surface area (Å²) in [6.45, 7) is 5.15. The highest BCUT2D eigenvalue weighted by Gasteiger charge is 2.13. The van der Waals surface area contributed by atoms with Crippen molar-refractivity contribution in [2.24, 2.45) is 5.92 Å². The van der Waals surface area contributed by atoms with Gasteiger partial charge in [0.25, 0.3) is 0 Å². The highest BCUT2D eigenvalue weighted by atomic mass is 14.9. The molecule has 2 rings (SSSR count). The number of anilines is 1. The summed E-state index contributed by atoms with van der Waals surface area (Å²) in [6, 6.07) is 8.24.